The molecule has 1 aliphatic rings. The van der Waals surface area contributed by atoms with E-state index in [0.717, 1.165) is 18.0 Å². The molecule has 1 aromatic heterocycles. The number of alkyl halides is 6. The number of amides is 1. The number of ether oxygens (including phenoxy) is 1. The lowest BCUT2D eigenvalue weighted by Gasteiger charge is -2.48. The van der Waals surface area contributed by atoms with Gasteiger partial charge in [-0.3, -0.25) is 0 Å². The number of aromatic hydroxyl groups is 1. The second kappa shape index (κ2) is 13.1. The van der Waals surface area contributed by atoms with E-state index in [-0.39, 0.29) is 35.9 Å². The molecule has 1 aliphatic heterocycles. The molecule has 1 N–H and O–H groups in total. The highest BCUT2D eigenvalue weighted by atomic mass is 19.4. The zero-order valence-corrected chi connectivity index (χ0v) is 25.4. The molecule has 3 unspecified atom stereocenters. The third-order valence-electron chi connectivity index (χ3n) is 7.59. The van der Waals surface area contributed by atoms with E-state index in [4.69, 9.17) is 4.74 Å². The van der Waals surface area contributed by atoms with E-state index in [1.807, 2.05) is 37.3 Å². The summed E-state index contributed by atoms with van der Waals surface area (Å²) in [6.07, 6.45) is -6.77. The molecular weight excluding hydrogens is 602 g/mol. The summed E-state index contributed by atoms with van der Waals surface area (Å²) in [5, 5.41) is 9.81. The van der Waals surface area contributed by atoms with Gasteiger partial charge in [0.05, 0.1) is 23.5 Å². The maximum atomic E-state index is 13.7. The molecule has 0 spiro atoms. The number of hydrogen-bond acceptors (Lipinski definition) is 6. The van der Waals surface area contributed by atoms with Crippen molar-refractivity contribution >= 4 is 12.0 Å². The van der Waals surface area contributed by atoms with Crippen LogP contribution < -0.4 is 4.90 Å². The van der Waals surface area contributed by atoms with Gasteiger partial charge in [-0.1, -0.05) is 37.3 Å². The topological polar surface area (TPSA) is 78.8 Å². The molecule has 1 amide bonds. The fourth-order valence-electron chi connectivity index (χ4n) is 5.68. The summed E-state index contributed by atoms with van der Waals surface area (Å²) >= 11 is 0. The summed E-state index contributed by atoms with van der Waals surface area (Å²) in [7, 11) is 0. The summed E-state index contributed by atoms with van der Waals surface area (Å²) < 4.78 is 88.0. The number of rotatable bonds is 7. The van der Waals surface area contributed by atoms with E-state index >= 15 is 0 Å². The maximum absolute atomic E-state index is 13.7. The van der Waals surface area contributed by atoms with Crippen molar-refractivity contribution in [3.63, 3.8) is 0 Å². The van der Waals surface area contributed by atoms with Crippen molar-refractivity contribution in [3.05, 3.63) is 83.2 Å². The van der Waals surface area contributed by atoms with E-state index in [1.165, 1.54) is 0 Å². The molecule has 1 fully saturated rings. The minimum absolute atomic E-state index is 0.0165. The van der Waals surface area contributed by atoms with Crippen molar-refractivity contribution in [3.8, 4) is 5.75 Å². The fraction of sp³-hybridized carbons (Fsp3) is 0.469. The Labute approximate surface area is 257 Å². The van der Waals surface area contributed by atoms with Crippen LogP contribution in [0.3, 0.4) is 0 Å². The minimum atomic E-state index is -5.01. The Bertz CT molecular complexity index is 1410. The molecule has 3 aromatic rings. The number of aromatic nitrogens is 2. The molecule has 244 valence electrons. The van der Waals surface area contributed by atoms with Crippen molar-refractivity contribution in [1.29, 1.82) is 0 Å². The van der Waals surface area contributed by atoms with Crippen LogP contribution in [-0.2, 0) is 30.1 Å². The molecule has 0 bridgehead atoms. The Balaban J connectivity index is 1.79. The van der Waals surface area contributed by atoms with Gasteiger partial charge >= 0.3 is 18.4 Å². The van der Waals surface area contributed by atoms with Crippen LogP contribution in [0.5, 0.6) is 5.75 Å². The van der Waals surface area contributed by atoms with Crippen LogP contribution >= 0.6 is 0 Å². The number of nitrogens with zero attached hydrogens (tertiary/aromatic N) is 4. The molecule has 2 heterocycles. The van der Waals surface area contributed by atoms with Crippen molar-refractivity contribution in [2.75, 3.05) is 4.90 Å². The standard InChI is InChI=1S/C32H36F6N4O3/c1-5-24-15-25(16-26(13-20-9-7-6-8-10-20)42(24)29(44)45-30(2,3)4)41(28-39-17-27(43)18-40-28)19-21-11-22(31(33,34)35)14-23(12-21)32(36,37)38/h6-12,14,17-18,24-26,43H,5,13,15-16,19H2,1-4H3. The van der Waals surface area contributed by atoms with E-state index in [1.54, 1.807) is 30.6 Å². The molecule has 0 aliphatic carbocycles. The minimum Gasteiger partial charge on any atom is -0.505 e. The van der Waals surface area contributed by atoms with Gasteiger partial charge in [0, 0.05) is 24.7 Å². The van der Waals surface area contributed by atoms with Crippen LogP contribution in [0.4, 0.5) is 37.1 Å². The summed E-state index contributed by atoms with van der Waals surface area (Å²) in [5.74, 6) is -0.243. The third-order valence-corrected chi connectivity index (χ3v) is 7.59. The van der Waals surface area contributed by atoms with E-state index in [2.05, 4.69) is 9.97 Å². The number of benzene rings is 2. The highest BCUT2D eigenvalue weighted by molar-refractivity contribution is 5.69. The molecule has 2 aromatic carbocycles. The maximum Gasteiger partial charge on any atom is 0.416 e. The van der Waals surface area contributed by atoms with Crippen LogP contribution in [0.25, 0.3) is 0 Å². The molecule has 45 heavy (non-hydrogen) atoms. The van der Waals surface area contributed by atoms with E-state index < -0.39 is 47.3 Å². The molecule has 3 atom stereocenters. The quantitative estimate of drug-likeness (QED) is 0.264. The van der Waals surface area contributed by atoms with Gasteiger partial charge in [0.15, 0.2) is 5.75 Å². The summed E-state index contributed by atoms with van der Waals surface area (Å²) in [4.78, 5) is 25.1. The molecule has 4 rings (SSSR count). The Hall–Kier alpha value is -4.03. The summed E-state index contributed by atoms with van der Waals surface area (Å²) in [6, 6.07) is 9.59. The average Bonchev–Trinajstić information content (AvgIpc) is 2.94. The SMILES string of the molecule is CCC1CC(N(Cc2cc(C(F)(F)F)cc(C(F)(F)F)c2)c2ncc(O)cn2)CC(Cc2ccccc2)N1C(=O)OC(C)(C)C. The molecule has 7 nitrogen and oxygen atoms in total. The van der Waals surface area contributed by atoms with Gasteiger partial charge < -0.3 is 19.6 Å². The van der Waals surface area contributed by atoms with Crippen LogP contribution in [-0.4, -0.2) is 49.8 Å². The van der Waals surface area contributed by atoms with Gasteiger partial charge in [0.25, 0.3) is 0 Å². The number of halogens is 6. The molecular formula is C32H36F6N4O3. The number of carbonyl (C=O) groups excluding carboxylic acids is 1. The van der Waals surface area contributed by atoms with Gasteiger partial charge in [-0.05, 0) is 75.8 Å². The Kier molecular flexibility index (Phi) is 9.88. The van der Waals surface area contributed by atoms with Gasteiger partial charge in [0.1, 0.15) is 5.60 Å². The van der Waals surface area contributed by atoms with Crippen LogP contribution in [0.15, 0.2) is 60.9 Å². The first-order chi connectivity index (χ1) is 20.9. The first-order valence-corrected chi connectivity index (χ1v) is 14.6. The number of anilines is 1. The molecule has 1 saturated heterocycles. The van der Waals surface area contributed by atoms with Gasteiger partial charge in [0.2, 0.25) is 5.95 Å². The number of carbonyl (C=O) groups is 1. The zero-order valence-electron chi connectivity index (χ0n) is 25.4. The highest BCUT2D eigenvalue weighted by Gasteiger charge is 2.43. The first kappa shape index (κ1) is 33.9. The van der Waals surface area contributed by atoms with Crippen LogP contribution in [0.1, 0.15) is 69.2 Å². The Morgan fingerprint density at radius 2 is 1.47 bits per heavy atom. The number of likely N-dealkylation sites (tertiary alicyclic amines) is 1. The second-order valence-electron chi connectivity index (χ2n) is 12.2. The van der Waals surface area contributed by atoms with Crippen LogP contribution in [0.2, 0.25) is 0 Å². The normalized spacial score (nSPS) is 19.3. The summed E-state index contributed by atoms with van der Waals surface area (Å²) in [5.41, 5.74) is -2.92. The molecule has 0 saturated carbocycles. The third kappa shape index (κ3) is 8.79. The van der Waals surface area contributed by atoms with Gasteiger partial charge in [-0.2, -0.15) is 26.3 Å². The zero-order chi connectivity index (χ0) is 33.2. The average molecular weight is 639 g/mol. The van der Waals surface area contributed by atoms with Crippen molar-refractivity contribution in [1.82, 2.24) is 14.9 Å². The number of hydrogen-bond donors (Lipinski definition) is 1. The molecule has 13 heteroatoms. The van der Waals surface area contributed by atoms with Crippen LogP contribution in [0, 0.1) is 0 Å². The smallest absolute Gasteiger partial charge is 0.416 e. The largest absolute Gasteiger partial charge is 0.505 e. The fourth-order valence-corrected chi connectivity index (χ4v) is 5.68. The Morgan fingerprint density at radius 3 is 1.98 bits per heavy atom. The number of piperidine rings is 1. The lowest BCUT2D eigenvalue weighted by Crippen LogP contribution is -2.58. The van der Waals surface area contributed by atoms with Crippen molar-refractivity contribution < 1.29 is 41.0 Å². The summed E-state index contributed by atoms with van der Waals surface area (Å²) in [6.45, 7) is 6.80. The molecule has 0 radical (unpaired) electrons. The van der Waals surface area contributed by atoms with E-state index in [0.29, 0.717) is 37.8 Å². The van der Waals surface area contributed by atoms with Gasteiger partial charge in [-0.15, -0.1) is 0 Å². The van der Waals surface area contributed by atoms with Gasteiger partial charge in [-0.25, -0.2) is 14.8 Å². The van der Waals surface area contributed by atoms with Crippen molar-refractivity contribution in [2.45, 2.75) is 96.0 Å². The van der Waals surface area contributed by atoms with Crippen molar-refractivity contribution in [2.24, 2.45) is 0 Å². The first-order valence-electron chi connectivity index (χ1n) is 14.6. The lowest BCUT2D eigenvalue weighted by atomic mass is 9.86. The van der Waals surface area contributed by atoms with E-state index in [9.17, 15) is 36.2 Å². The highest BCUT2D eigenvalue weighted by Crippen LogP contribution is 2.38. The lowest BCUT2D eigenvalue weighted by molar-refractivity contribution is -0.143. The Morgan fingerprint density at radius 1 is 0.911 bits per heavy atom. The predicted octanol–water partition coefficient (Wildman–Crippen LogP) is 8.02. The second-order valence-corrected chi connectivity index (χ2v) is 12.2. The monoisotopic (exact) mass is 638 g/mol. The predicted molar refractivity (Wildman–Crippen MR) is 155 cm³/mol.